The van der Waals surface area contributed by atoms with Gasteiger partial charge in [0.15, 0.2) is 0 Å². The predicted octanol–water partition coefficient (Wildman–Crippen LogP) is 4.33. The van der Waals surface area contributed by atoms with Crippen molar-refractivity contribution in [3.05, 3.63) is 29.8 Å². The van der Waals surface area contributed by atoms with Gasteiger partial charge in [-0.3, -0.25) is 0 Å². The maximum atomic E-state index is 5.62. The van der Waals surface area contributed by atoms with Crippen molar-refractivity contribution in [1.29, 1.82) is 0 Å². The molecule has 1 aliphatic rings. The molecule has 124 valence electrons. The first-order valence-electron chi connectivity index (χ1n) is 8.78. The standard InChI is InChI=1S/C19H31NO2/c1-3-19(20-15-16-7-5-4-6-8-16)17-9-11-18(12-10-17)22-14-13-21-2/h9-12,16,19-20H,3-8,13-15H2,1-2H3. The van der Waals surface area contributed by atoms with Gasteiger partial charge in [0.25, 0.3) is 0 Å². The molecule has 0 radical (unpaired) electrons. The van der Waals surface area contributed by atoms with Crippen LogP contribution < -0.4 is 10.1 Å². The molecule has 1 fully saturated rings. The van der Waals surface area contributed by atoms with Gasteiger partial charge in [0.05, 0.1) is 6.61 Å². The second-order valence-corrected chi connectivity index (χ2v) is 6.28. The van der Waals surface area contributed by atoms with Crippen molar-refractivity contribution in [2.75, 3.05) is 26.9 Å². The van der Waals surface area contributed by atoms with Crippen LogP contribution in [0.4, 0.5) is 0 Å². The Kier molecular flexibility index (Phi) is 7.75. The highest BCUT2D eigenvalue weighted by atomic mass is 16.5. The van der Waals surface area contributed by atoms with Crippen LogP contribution in [0.25, 0.3) is 0 Å². The minimum atomic E-state index is 0.454. The van der Waals surface area contributed by atoms with Crippen molar-refractivity contribution in [3.63, 3.8) is 0 Å². The number of ether oxygens (including phenoxy) is 2. The molecule has 3 heteroatoms. The number of hydrogen-bond acceptors (Lipinski definition) is 3. The summed E-state index contributed by atoms with van der Waals surface area (Å²) in [5.41, 5.74) is 1.36. The lowest BCUT2D eigenvalue weighted by molar-refractivity contribution is 0.146. The number of rotatable bonds is 9. The molecular formula is C19H31NO2. The first kappa shape index (κ1) is 17.3. The molecule has 0 heterocycles. The molecule has 0 aromatic heterocycles. The first-order valence-corrected chi connectivity index (χ1v) is 8.78. The third-order valence-electron chi connectivity index (χ3n) is 4.62. The normalized spacial score (nSPS) is 17.4. The minimum absolute atomic E-state index is 0.454. The topological polar surface area (TPSA) is 30.5 Å². The van der Waals surface area contributed by atoms with Crippen molar-refractivity contribution in [2.24, 2.45) is 5.92 Å². The Hall–Kier alpha value is -1.06. The van der Waals surface area contributed by atoms with E-state index < -0.39 is 0 Å². The summed E-state index contributed by atoms with van der Waals surface area (Å²) in [5.74, 6) is 1.79. The third kappa shape index (κ3) is 5.62. The van der Waals surface area contributed by atoms with Gasteiger partial charge in [-0.2, -0.15) is 0 Å². The van der Waals surface area contributed by atoms with Crippen LogP contribution in [-0.2, 0) is 4.74 Å². The van der Waals surface area contributed by atoms with Gasteiger partial charge in [0, 0.05) is 13.2 Å². The zero-order valence-electron chi connectivity index (χ0n) is 14.1. The highest BCUT2D eigenvalue weighted by molar-refractivity contribution is 5.29. The van der Waals surface area contributed by atoms with Crippen LogP contribution in [0.2, 0.25) is 0 Å². The maximum Gasteiger partial charge on any atom is 0.119 e. The Morgan fingerprint density at radius 1 is 1.09 bits per heavy atom. The summed E-state index contributed by atoms with van der Waals surface area (Å²) in [4.78, 5) is 0. The van der Waals surface area contributed by atoms with Crippen LogP contribution in [0.15, 0.2) is 24.3 Å². The molecule has 1 aliphatic carbocycles. The van der Waals surface area contributed by atoms with Crippen molar-refractivity contribution in [2.45, 2.75) is 51.5 Å². The molecule has 0 spiro atoms. The monoisotopic (exact) mass is 305 g/mol. The Bertz CT molecular complexity index is 398. The quantitative estimate of drug-likeness (QED) is 0.689. The predicted molar refractivity (Wildman–Crippen MR) is 91.4 cm³/mol. The fourth-order valence-corrected chi connectivity index (χ4v) is 3.24. The van der Waals surface area contributed by atoms with Crippen LogP contribution >= 0.6 is 0 Å². The maximum absolute atomic E-state index is 5.62. The molecule has 1 atom stereocenters. The molecule has 0 amide bonds. The lowest BCUT2D eigenvalue weighted by Crippen LogP contribution is -2.28. The fraction of sp³-hybridized carbons (Fsp3) is 0.684. The van der Waals surface area contributed by atoms with E-state index in [9.17, 15) is 0 Å². The van der Waals surface area contributed by atoms with Gasteiger partial charge in [0.2, 0.25) is 0 Å². The number of nitrogens with one attached hydrogen (secondary N) is 1. The molecular weight excluding hydrogens is 274 g/mol. The number of benzene rings is 1. The van der Waals surface area contributed by atoms with E-state index in [0.29, 0.717) is 19.3 Å². The van der Waals surface area contributed by atoms with E-state index in [1.54, 1.807) is 7.11 Å². The molecule has 2 rings (SSSR count). The Labute approximate surface area is 135 Å². The smallest absolute Gasteiger partial charge is 0.119 e. The summed E-state index contributed by atoms with van der Waals surface area (Å²) in [7, 11) is 1.69. The lowest BCUT2D eigenvalue weighted by atomic mass is 9.89. The van der Waals surface area contributed by atoms with Crippen molar-refractivity contribution < 1.29 is 9.47 Å². The fourth-order valence-electron chi connectivity index (χ4n) is 3.24. The summed E-state index contributed by atoms with van der Waals surface area (Å²) >= 11 is 0. The number of methoxy groups -OCH3 is 1. The second kappa shape index (κ2) is 9.86. The molecule has 0 saturated heterocycles. The molecule has 1 saturated carbocycles. The lowest BCUT2D eigenvalue weighted by Gasteiger charge is -2.25. The molecule has 0 aliphatic heterocycles. The van der Waals surface area contributed by atoms with Gasteiger partial charge in [-0.1, -0.05) is 38.3 Å². The van der Waals surface area contributed by atoms with Crippen molar-refractivity contribution >= 4 is 0 Å². The van der Waals surface area contributed by atoms with E-state index in [1.165, 1.54) is 37.7 Å². The van der Waals surface area contributed by atoms with E-state index in [-0.39, 0.29) is 0 Å². The summed E-state index contributed by atoms with van der Waals surface area (Å²) in [6, 6.07) is 8.95. The van der Waals surface area contributed by atoms with E-state index in [2.05, 4.69) is 36.5 Å². The summed E-state index contributed by atoms with van der Waals surface area (Å²) in [6.45, 7) is 4.64. The van der Waals surface area contributed by atoms with Crippen LogP contribution in [0.5, 0.6) is 5.75 Å². The van der Waals surface area contributed by atoms with Gasteiger partial charge in [-0.05, 0) is 49.4 Å². The largest absolute Gasteiger partial charge is 0.491 e. The van der Waals surface area contributed by atoms with Crippen LogP contribution in [0.3, 0.4) is 0 Å². The second-order valence-electron chi connectivity index (χ2n) is 6.28. The summed E-state index contributed by atoms with van der Waals surface area (Å²) in [6.07, 6.45) is 8.17. The highest BCUT2D eigenvalue weighted by Crippen LogP contribution is 2.25. The summed E-state index contributed by atoms with van der Waals surface area (Å²) < 4.78 is 10.6. The van der Waals surface area contributed by atoms with Crippen LogP contribution in [0, 0.1) is 5.92 Å². The molecule has 1 N–H and O–H groups in total. The van der Waals surface area contributed by atoms with E-state index in [1.807, 2.05) is 0 Å². The summed E-state index contributed by atoms with van der Waals surface area (Å²) in [5, 5.41) is 3.77. The zero-order valence-corrected chi connectivity index (χ0v) is 14.1. The van der Waals surface area contributed by atoms with Crippen LogP contribution in [0.1, 0.15) is 57.1 Å². The molecule has 0 bridgehead atoms. The third-order valence-corrected chi connectivity index (χ3v) is 4.62. The molecule has 1 aromatic rings. The van der Waals surface area contributed by atoms with Gasteiger partial charge in [-0.25, -0.2) is 0 Å². The van der Waals surface area contributed by atoms with E-state index >= 15 is 0 Å². The average Bonchev–Trinajstić information content (AvgIpc) is 2.58. The molecule has 1 aromatic carbocycles. The van der Waals surface area contributed by atoms with Gasteiger partial charge in [-0.15, -0.1) is 0 Å². The van der Waals surface area contributed by atoms with E-state index in [0.717, 1.165) is 24.6 Å². The Morgan fingerprint density at radius 2 is 1.82 bits per heavy atom. The highest BCUT2D eigenvalue weighted by Gasteiger charge is 2.15. The number of hydrogen-bond donors (Lipinski definition) is 1. The van der Waals surface area contributed by atoms with Crippen molar-refractivity contribution in [1.82, 2.24) is 5.32 Å². The molecule has 3 nitrogen and oxygen atoms in total. The minimum Gasteiger partial charge on any atom is -0.491 e. The zero-order chi connectivity index (χ0) is 15.6. The Morgan fingerprint density at radius 3 is 2.45 bits per heavy atom. The Balaban J connectivity index is 1.81. The van der Waals surface area contributed by atoms with Crippen molar-refractivity contribution in [3.8, 4) is 5.75 Å². The van der Waals surface area contributed by atoms with Gasteiger partial charge >= 0.3 is 0 Å². The van der Waals surface area contributed by atoms with Crippen LogP contribution in [-0.4, -0.2) is 26.9 Å². The molecule has 1 unspecified atom stereocenters. The van der Waals surface area contributed by atoms with Gasteiger partial charge < -0.3 is 14.8 Å². The average molecular weight is 305 g/mol. The first-order chi connectivity index (χ1) is 10.8. The molecule has 22 heavy (non-hydrogen) atoms. The van der Waals surface area contributed by atoms with E-state index in [4.69, 9.17) is 9.47 Å². The SMILES string of the molecule is CCC(NCC1CCCCC1)c1ccc(OCCOC)cc1. The van der Waals surface area contributed by atoms with Gasteiger partial charge in [0.1, 0.15) is 12.4 Å².